The van der Waals surface area contributed by atoms with Crippen molar-refractivity contribution < 1.29 is 14.3 Å². The normalized spacial score (nSPS) is 15.3. The quantitative estimate of drug-likeness (QED) is 0.697. The number of amides is 2. The number of pyridine rings is 1. The van der Waals surface area contributed by atoms with Crippen LogP contribution in [0.2, 0.25) is 0 Å². The summed E-state index contributed by atoms with van der Waals surface area (Å²) in [6.07, 6.45) is -0.863. The van der Waals surface area contributed by atoms with E-state index in [0.717, 1.165) is 11.1 Å². The Morgan fingerprint density at radius 3 is 2.63 bits per heavy atom. The van der Waals surface area contributed by atoms with E-state index in [1.807, 2.05) is 62.4 Å². The summed E-state index contributed by atoms with van der Waals surface area (Å²) in [6, 6.07) is 18.2. The Kier molecular flexibility index (Phi) is 5.10. The van der Waals surface area contributed by atoms with Gasteiger partial charge in [0, 0.05) is 11.3 Å². The standard InChI is InChI=1S/C23H22N4O3/c1-14-8-9-17(15(2)12-14)25-20(28)13-27-22-18(10-11-19(24)26-22)30-21(23(27)29)16-6-4-3-5-7-16/h3-12,21H,13H2,1-2H3,(H2,24,26)(H,25,28). The highest BCUT2D eigenvalue weighted by molar-refractivity contribution is 6.06. The van der Waals surface area contributed by atoms with Gasteiger partial charge in [-0.15, -0.1) is 0 Å². The lowest BCUT2D eigenvalue weighted by Crippen LogP contribution is -2.45. The fourth-order valence-electron chi connectivity index (χ4n) is 3.44. The molecule has 7 heteroatoms. The number of benzene rings is 2. The number of anilines is 3. The summed E-state index contributed by atoms with van der Waals surface area (Å²) in [6.45, 7) is 3.70. The number of fused-ring (bicyclic) bond motifs is 1. The van der Waals surface area contributed by atoms with E-state index in [1.165, 1.54) is 4.90 Å². The van der Waals surface area contributed by atoms with Gasteiger partial charge in [-0.1, -0.05) is 48.0 Å². The first kappa shape index (κ1) is 19.4. The van der Waals surface area contributed by atoms with Crippen molar-refractivity contribution in [1.82, 2.24) is 4.98 Å². The number of hydrogen-bond donors (Lipinski definition) is 2. The van der Waals surface area contributed by atoms with Crippen molar-refractivity contribution >= 4 is 29.1 Å². The number of nitrogens with two attached hydrogens (primary N) is 1. The van der Waals surface area contributed by atoms with Gasteiger partial charge in [-0.25, -0.2) is 4.98 Å². The Labute approximate surface area is 174 Å². The van der Waals surface area contributed by atoms with Crippen LogP contribution in [0.3, 0.4) is 0 Å². The molecular formula is C23H22N4O3. The van der Waals surface area contributed by atoms with Crippen LogP contribution in [0.25, 0.3) is 0 Å². The molecular weight excluding hydrogens is 380 g/mol. The molecule has 30 heavy (non-hydrogen) atoms. The second-order valence-corrected chi connectivity index (χ2v) is 7.26. The van der Waals surface area contributed by atoms with Crippen LogP contribution in [0.5, 0.6) is 5.75 Å². The van der Waals surface area contributed by atoms with E-state index in [0.29, 0.717) is 17.0 Å². The number of nitrogen functional groups attached to an aromatic ring is 1. The molecule has 2 amide bonds. The van der Waals surface area contributed by atoms with Crippen LogP contribution < -0.4 is 20.7 Å². The van der Waals surface area contributed by atoms with Crippen LogP contribution in [0.15, 0.2) is 60.7 Å². The molecule has 3 aromatic rings. The lowest BCUT2D eigenvalue weighted by molar-refractivity contribution is -0.128. The smallest absolute Gasteiger partial charge is 0.274 e. The van der Waals surface area contributed by atoms with Gasteiger partial charge >= 0.3 is 0 Å². The minimum Gasteiger partial charge on any atom is -0.472 e. The van der Waals surface area contributed by atoms with Gasteiger partial charge < -0.3 is 15.8 Å². The number of carbonyl (C=O) groups excluding carboxylic acids is 2. The van der Waals surface area contributed by atoms with Crippen molar-refractivity contribution in [3.63, 3.8) is 0 Å². The zero-order chi connectivity index (χ0) is 21.3. The van der Waals surface area contributed by atoms with E-state index in [9.17, 15) is 9.59 Å². The Hall–Kier alpha value is -3.87. The van der Waals surface area contributed by atoms with Gasteiger partial charge in [0.15, 0.2) is 11.6 Å². The molecule has 0 fully saturated rings. The largest absolute Gasteiger partial charge is 0.472 e. The van der Waals surface area contributed by atoms with Gasteiger partial charge in [0.1, 0.15) is 12.4 Å². The molecule has 0 spiro atoms. The summed E-state index contributed by atoms with van der Waals surface area (Å²) in [5.41, 5.74) is 9.27. The first-order valence-electron chi connectivity index (χ1n) is 9.59. The molecule has 0 aliphatic carbocycles. The maximum Gasteiger partial charge on any atom is 0.274 e. The number of aromatic nitrogens is 1. The summed E-state index contributed by atoms with van der Waals surface area (Å²) < 4.78 is 5.91. The summed E-state index contributed by atoms with van der Waals surface area (Å²) >= 11 is 0. The van der Waals surface area contributed by atoms with E-state index in [1.54, 1.807) is 12.1 Å². The molecule has 4 rings (SSSR count). The summed E-state index contributed by atoms with van der Waals surface area (Å²) in [5, 5.41) is 2.87. The molecule has 1 aliphatic rings. The highest BCUT2D eigenvalue weighted by atomic mass is 16.5. The number of nitrogens with zero attached hydrogens (tertiary/aromatic N) is 2. The van der Waals surface area contributed by atoms with Crippen molar-refractivity contribution in [3.05, 3.63) is 77.4 Å². The number of ether oxygens (including phenoxy) is 1. The van der Waals surface area contributed by atoms with Gasteiger partial charge in [-0.2, -0.15) is 0 Å². The molecule has 0 bridgehead atoms. The van der Waals surface area contributed by atoms with Gasteiger partial charge in [0.05, 0.1) is 0 Å². The molecule has 0 saturated carbocycles. The third kappa shape index (κ3) is 3.82. The van der Waals surface area contributed by atoms with Crippen LogP contribution >= 0.6 is 0 Å². The molecule has 7 nitrogen and oxygen atoms in total. The minimum atomic E-state index is -0.863. The van der Waals surface area contributed by atoms with E-state index in [2.05, 4.69) is 10.3 Å². The van der Waals surface area contributed by atoms with Crippen LogP contribution in [0.1, 0.15) is 22.8 Å². The molecule has 0 radical (unpaired) electrons. The van der Waals surface area contributed by atoms with Crippen LogP contribution in [-0.4, -0.2) is 23.3 Å². The number of nitrogens with one attached hydrogen (secondary N) is 1. The van der Waals surface area contributed by atoms with E-state index < -0.39 is 6.10 Å². The maximum absolute atomic E-state index is 13.2. The van der Waals surface area contributed by atoms with Crippen LogP contribution in [0.4, 0.5) is 17.3 Å². The average molecular weight is 402 g/mol. The highest BCUT2D eigenvalue weighted by Gasteiger charge is 2.37. The van der Waals surface area contributed by atoms with Gasteiger partial charge in [-0.3, -0.25) is 14.5 Å². The van der Waals surface area contributed by atoms with E-state index in [-0.39, 0.29) is 30.0 Å². The van der Waals surface area contributed by atoms with Gasteiger partial charge in [-0.05, 0) is 37.6 Å². The van der Waals surface area contributed by atoms with Gasteiger partial charge in [0.2, 0.25) is 12.0 Å². The molecule has 1 atom stereocenters. The fourth-order valence-corrected chi connectivity index (χ4v) is 3.44. The highest BCUT2D eigenvalue weighted by Crippen LogP contribution is 2.38. The van der Waals surface area contributed by atoms with Crippen molar-refractivity contribution in [2.24, 2.45) is 0 Å². The first-order valence-corrected chi connectivity index (χ1v) is 9.59. The fraction of sp³-hybridized carbons (Fsp3) is 0.174. The predicted molar refractivity (Wildman–Crippen MR) is 115 cm³/mol. The summed E-state index contributed by atoms with van der Waals surface area (Å²) in [4.78, 5) is 31.6. The molecule has 2 aromatic carbocycles. The third-order valence-corrected chi connectivity index (χ3v) is 4.91. The van der Waals surface area contributed by atoms with E-state index >= 15 is 0 Å². The van der Waals surface area contributed by atoms with Crippen molar-refractivity contribution in [2.75, 3.05) is 22.5 Å². The number of aryl methyl sites for hydroxylation is 2. The monoisotopic (exact) mass is 402 g/mol. The minimum absolute atomic E-state index is 0.206. The summed E-state index contributed by atoms with van der Waals surface area (Å²) in [5.74, 6) is 0.171. The SMILES string of the molecule is Cc1ccc(NC(=O)CN2C(=O)C(c3ccccc3)Oc3ccc(N)nc32)c(C)c1. The van der Waals surface area contributed by atoms with Crippen LogP contribution in [0, 0.1) is 13.8 Å². The maximum atomic E-state index is 13.2. The molecule has 1 unspecified atom stereocenters. The van der Waals surface area contributed by atoms with Crippen molar-refractivity contribution in [3.8, 4) is 5.75 Å². The lowest BCUT2D eigenvalue weighted by Gasteiger charge is -2.33. The number of hydrogen-bond acceptors (Lipinski definition) is 5. The summed E-state index contributed by atoms with van der Waals surface area (Å²) in [7, 11) is 0. The molecule has 2 heterocycles. The zero-order valence-electron chi connectivity index (χ0n) is 16.8. The number of rotatable bonds is 4. The average Bonchev–Trinajstić information content (AvgIpc) is 2.73. The second kappa shape index (κ2) is 7.87. The van der Waals surface area contributed by atoms with Gasteiger partial charge in [0.25, 0.3) is 5.91 Å². The van der Waals surface area contributed by atoms with Crippen molar-refractivity contribution in [2.45, 2.75) is 20.0 Å². The Morgan fingerprint density at radius 1 is 1.13 bits per heavy atom. The molecule has 152 valence electrons. The predicted octanol–water partition coefficient (Wildman–Crippen LogP) is 3.39. The number of carbonyl (C=O) groups is 2. The Bertz CT molecular complexity index is 1110. The topological polar surface area (TPSA) is 97.5 Å². The molecule has 1 aliphatic heterocycles. The molecule has 1 aromatic heterocycles. The Morgan fingerprint density at radius 2 is 1.90 bits per heavy atom. The third-order valence-electron chi connectivity index (χ3n) is 4.91. The van der Waals surface area contributed by atoms with Crippen LogP contribution in [-0.2, 0) is 9.59 Å². The lowest BCUT2D eigenvalue weighted by atomic mass is 10.1. The molecule has 0 saturated heterocycles. The zero-order valence-corrected chi connectivity index (χ0v) is 16.8. The van der Waals surface area contributed by atoms with E-state index in [4.69, 9.17) is 10.5 Å². The molecule has 3 N–H and O–H groups in total. The second-order valence-electron chi connectivity index (χ2n) is 7.26. The van der Waals surface area contributed by atoms with Crippen molar-refractivity contribution in [1.29, 1.82) is 0 Å². The first-order chi connectivity index (χ1) is 14.4. The Balaban J connectivity index is 1.63.